The van der Waals surface area contributed by atoms with Crippen LogP contribution in [0.5, 0.6) is 0 Å². The Labute approximate surface area is 121 Å². The quantitative estimate of drug-likeness (QED) is 0.882. The topological polar surface area (TPSA) is 53.7 Å². The van der Waals surface area contributed by atoms with Gasteiger partial charge >= 0.3 is 0 Å². The summed E-state index contributed by atoms with van der Waals surface area (Å²) in [6, 6.07) is 3.67. The molecule has 104 valence electrons. The fourth-order valence-electron chi connectivity index (χ4n) is 1.75. The lowest BCUT2D eigenvalue weighted by Gasteiger charge is -2.14. The molecule has 2 rings (SSSR count). The second-order valence-corrected chi connectivity index (χ2v) is 5.43. The SMILES string of the molecule is Cc1cc(C(=O)N(C)Cc2ccoc2)sc1C#CCO. The molecule has 0 aliphatic rings. The van der Waals surface area contributed by atoms with E-state index >= 15 is 0 Å². The van der Waals surface area contributed by atoms with Crippen molar-refractivity contribution in [3.8, 4) is 11.8 Å². The van der Waals surface area contributed by atoms with Gasteiger partial charge in [-0.1, -0.05) is 11.8 Å². The number of aliphatic hydroxyl groups excluding tert-OH is 1. The molecule has 0 radical (unpaired) electrons. The van der Waals surface area contributed by atoms with E-state index in [2.05, 4.69) is 11.8 Å². The number of nitrogens with zero attached hydrogens (tertiary/aromatic N) is 1. The number of rotatable bonds is 3. The van der Waals surface area contributed by atoms with Crippen LogP contribution in [0.3, 0.4) is 0 Å². The lowest BCUT2D eigenvalue weighted by Crippen LogP contribution is -2.25. The summed E-state index contributed by atoms with van der Waals surface area (Å²) in [6.45, 7) is 2.23. The first-order chi connectivity index (χ1) is 9.61. The number of thiophene rings is 1. The van der Waals surface area contributed by atoms with Crippen molar-refractivity contribution in [1.82, 2.24) is 4.90 Å². The van der Waals surface area contributed by atoms with Crippen molar-refractivity contribution in [1.29, 1.82) is 0 Å². The first-order valence-electron chi connectivity index (χ1n) is 6.08. The van der Waals surface area contributed by atoms with Crippen molar-refractivity contribution < 1.29 is 14.3 Å². The molecule has 1 amide bonds. The number of carbonyl (C=O) groups excluding carboxylic acids is 1. The molecule has 0 saturated carbocycles. The van der Waals surface area contributed by atoms with Crippen LogP contribution >= 0.6 is 11.3 Å². The third-order valence-corrected chi connectivity index (χ3v) is 3.90. The monoisotopic (exact) mass is 289 g/mol. The van der Waals surface area contributed by atoms with Crippen LogP contribution in [0.1, 0.15) is 25.7 Å². The second-order valence-electron chi connectivity index (χ2n) is 4.38. The van der Waals surface area contributed by atoms with Gasteiger partial charge in [0, 0.05) is 19.2 Å². The zero-order chi connectivity index (χ0) is 14.5. The van der Waals surface area contributed by atoms with E-state index in [1.807, 2.05) is 19.1 Å². The summed E-state index contributed by atoms with van der Waals surface area (Å²) < 4.78 is 4.99. The minimum absolute atomic E-state index is 0.0450. The first kappa shape index (κ1) is 14.4. The van der Waals surface area contributed by atoms with Gasteiger partial charge in [-0.25, -0.2) is 0 Å². The zero-order valence-corrected chi connectivity index (χ0v) is 12.2. The van der Waals surface area contributed by atoms with Gasteiger partial charge in [0.25, 0.3) is 5.91 Å². The summed E-state index contributed by atoms with van der Waals surface area (Å²) in [5, 5.41) is 8.71. The van der Waals surface area contributed by atoms with Crippen LogP contribution in [0, 0.1) is 18.8 Å². The highest BCUT2D eigenvalue weighted by atomic mass is 32.1. The highest BCUT2D eigenvalue weighted by Crippen LogP contribution is 2.22. The van der Waals surface area contributed by atoms with Crippen LogP contribution < -0.4 is 0 Å². The van der Waals surface area contributed by atoms with Crippen LogP contribution in [0.15, 0.2) is 29.1 Å². The highest BCUT2D eigenvalue weighted by molar-refractivity contribution is 7.14. The molecule has 0 bridgehead atoms. The normalized spacial score (nSPS) is 9.95. The van der Waals surface area contributed by atoms with Crippen molar-refractivity contribution in [3.05, 3.63) is 45.5 Å². The van der Waals surface area contributed by atoms with Gasteiger partial charge < -0.3 is 14.4 Å². The largest absolute Gasteiger partial charge is 0.472 e. The molecule has 20 heavy (non-hydrogen) atoms. The Morgan fingerprint density at radius 2 is 2.35 bits per heavy atom. The maximum Gasteiger partial charge on any atom is 0.264 e. The molecule has 0 aliphatic heterocycles. The van der Waals surface area contributed by atoms with E-state index in [9.17, 15) is 4.79 Å². The summed E-state index contributed by atoms with van der Waals surface area (Å²) in [6.07, 6.45) is 3.22. The minimum Gasteiger partial charge on any atom is -0.472 e. The number of aliphatic hydroxyl groups is 1. The summed E-state index contributed by atoms with van der Waals surface area (Å²) >= 11 is 1.35. The predicted octanol–water partition coefficient (Wildman–Crippen LogP) is 2.27. The molecule has 0 spiro atoms. The number of aryl methyl sites for hydroxylation is 1. The molecule has 2 aromatic heterocycles. The molecule has 0 atom stereocenters. The molecule has 0 aliphatic carbocycles. The van der Waals surface area contributed by atoms with Crippen molar-refractivity contribution in [3.63, 3.8) is 0 Å². The smallest absolute Gasteiger partial charge is 0.264 e. The lowest BCUT2D eigenvalue weighted by atomic mass is 10.2. The second kappa shape index (κ2) is 6.42. The van der Waals surface area contributed by atoms with Gasteiger partial charge in [-0.15, -0.1) is 11.3 Å². The van der Waals surface area contributed by atoms with E-state index in [-0.39, 0.29) is 12.5 Å². The summed E-state index contributed by atoms with van der Waals surface area (Å²) in [5.41, 5.74) is 1.91. The van der Waals surface area contributed by atoms with E-state index in [1.54, 1.807) is 24.5 Å². The number of furan rings is 1. The van der Waals surface area contributed by atoms with E-state index in [1.165, 1.54) is 11.3 Å². The van der Waals surface area contributed by atoms with Gasteiger partial charge in [0.2, 0.25) is 0 Å². The van der Waals surface area contributed by atoms with Crippen molar-refractivity contribution in [2.24, 2.45) is 0 Å². The number of carbonyl (C=O) groups is 1. The molecule has 0 aromatic carbocycles. The maximum absolute atomic E-state index is 12.3. The van der Waals surface area contributed by atoms with Crippen LogP contribution in [0.4, 0.5) is 0 Å². The number of hydrogen-bond acceptors (Lipinski definition) is 4. The van der Waals surface area contributed by atoms with Gasteiger partial charge in [0.15, 0.2) is 0 Å². The molecule has 0 fully saturated rings. The highest BCUT2D eigenvalue weighted by Gasteiger charge is 2.16. The molecule has 2 aromatic rings. The molecular formula is C15H15NO3S. The Bertz CT molecular complexity index is 646. The zero-order valence-electron chi connectivity index (χ0n) is 11.3. The Morgan fingerprint density at radius 3 is 3.00 bits per heavy atom. The summed E-state index contributed by atoms with van der Waals surface area (Å²) in [7, 11) is 1.75. The maximum atomic E-state index is 12.3. The van der Waals surface area contributed by atoms with Crippen molar-refractivity contribution >= 4 is 17.2 Å². The molecule has 1 N–H and O–H groups in total. The average molecular weight is 289 g/mol. The fourth-order valence-corrected chi connectivity index (χ4v) is 2.79. The Kier molecular flexibility index (Phi) is 4.61. The molecule has 5 heteroatoms. The van der Waals surface area contributed by atoms with Crippen molar-refractivity contribution in [2.75, 3.05) is 13.7 Å². The Balaban J connectivity index is 2.12. The van der Waals surface area contributed by atoms with E-state index in [4.69, 9.17) is 9.52 Å². The fraction of sp³-hybridized carbons (Fsp3) is 0.267. The predicted molar refractivity (Wildman–Crippen MR) is 77.5 cm³/mol. The Morgan fingerprint density at radius 1 is 1.55 bits per heavy atom. The van der Waals surface area contributed by atoms with Gasteiger partial charge in [0.05, 0.1) is 22.3 Å². The summed E-state index contributed by atoms with van der Waals surface area (Å²) in [4.78, 5) is 15.4. The van der Waals surface area contributed by atoms with Gasteiger partial charge in [-0.3, -0.25) is 4.79 Å². The molecule has 0 saturated heterocycles. The Hall–Kier alpha value is -2.03. The van der Waals surface area contributed by atoms with Crippen LogP contribution in [0.25, 0.3) is 0 Å². The minimum atomic E-state index is -0.180. The first-order valence-corrected chi connectivity index (χ1v) is 6.90. The van der Waals surface area contributed by atoms with Crippen LogP contribution in [-0.2, 0) is 6.54 Å². The van der Waals surface area contributed by atoms with Gasteiger partial charge in [-0.2, -0.15) is 0 Å². The van der Waals surface area contributed by atoms with Gasteiger partial charge in [0.1, 0.15) is 6.61 Å². The number of hydrogen-bond donors (Lipinski definition) is 1. The van der Waals surface area contributed by atoms with E-state index < -0.39 is 0 Å². The number of amides is 1. The van der Waals surface area contributed by atoms with Crippen LogP contribution in [-0.4, -0.2) is 29.6 Å². The molecule has 4 nitrogen and oxygen atoms in total. The van der Waals surface area contributed by atoms with E-state index in [0.29, 0.717) is 11.4 Å². The van der Waals surface area contributed by atoms with Crippen LogP contribution in [0.2, 0.25) is 0 Å². The third kappa shape index (κ3) is 3.29. The molecular weight excluding hydrogens is 274 g/mol. The van der Waals surface area contributed by atoms with Crippen molar-refractivity contribution in [2.45, 2.75) is 13.5 Å². The van der Waals surface area contributed by atoms with Gasteiger partial charge in [-0.05, 0) is 24.6 Å². The lowest BCUT2D eigenvalue weighted by molar-refractivity contribution is 0.0789. The summed E-state index contributed by atoms with van der Waals surface area (Å²) in [5.74, 6) is 5.41. The van der Waals surface area contributed by atoms with E-state index in [0.717, 1.165) is 16.0 Å². The average Bonchev–Trinajstić information content (AvgIpc) is 3.05. The molecule has 0 unspecified atom stereocenters. The standard InChI is InChI=1S/C15H15NO3S/c1-11-8-14(20-13(11)4-3-6-17)15(18)16(2)9-12-5-7-19-10-12/h5,7-8,10,17H,6,9H2,1-2H3. The third-order valence-electron chi connectivity index (χ3n) is 2.76. The molecule has 2 heterocycles.